The number of rotatable bonds is 7. The van der Waals surface area contributed by atoms with E-state index in [0.717, 1.165) is 24.2 Å². The molecule has 4 aromatic rings. The van der Waals surface area contributed by atoms with Crippen molar-refractivity contribution in [2.75, 3.05) is 38.7 Å². The molecule has 5 rings (SSSR count). The summed E-state index contributed by atoms with van der Waals surface area (Å²) in [6.07, 6.45) is 0. The van der Waals surface area contributed by atoms with Crippen LogP contribution in [0, 0.1) is 12.4 Å². The fraction of sp³-hybridized carbons (Fsp3) is 0.233. The summed E-state index contributed by atoms with van der Waals surface area (Å²) < 4.78 is 19.4. The van der Waals surface area contributed by atoms with Gasteiger partial charge >= 0.3 is 6.03 Å². The maximum Gasteiger partial charge on any atom is 0.319 e. The minimum absolute atomic E-state index is 0.0815. The van der Waals surface area contributed by atoms with E-state index in [2.05, 4.69) is 37.5 Å². The van der Waals surface area contributed by atoms with Crippen LogP contribution < -0.4 is 10.6 Å². The van der Waals surface area contributed by atoms with Crippen molar-refractivity contribution in [1.82, 2.24) is 15.2 Å². The highest BCUT2D eigenvalue weighted by atomic mass is 19.1. The number of urea groups is 1. The predicted molar refractivity (Wildman–Crippen MR) is 147 cm³/mol. The molecule has 38 heavy (non-hydrogen) atoms. The summed E-state index contributed by atoms with van der Waals surface area (Å²) in [4.78, 5) is 23.8. The lowest BCUT2D eigenvalue weighted by Crippen LogP contribution is -2.42. The second kappa shape index (κ2) is 11.4. The summed E-state index contributed by atoms with van der Waals surface area (Å²) in [5.41, 5.74) is 2.79. The van der Waals surface area contributed by atoms with Crippen LogP contribution in [0.3, 0.4) is 0 Å². The molecule has 192 valence electrons. The van der Waals surface area contributed by atoms with Crippen molar-refractivity contribution in [2.24, 2.45) is 0 Å². The first-order valence-corrected chi connectivity index (χ1v) is 12.5. The molecule has 2 heterocycles. The highest BCUT2D eigenvalue weighted by molar-refractivity contribution is 6.10. The van der Waals surface area contributed by atoms with E-state index in [1.807, 2.05) is 48.5 Å². The number of aromatic nitrogens is 1. The number of methoxy groups -OCH3 is 1. The number of pyridine rings is 1. The molecule has 0 radical (unpaired) electrons. The second-order valence-electron chi connectivity index (χ2n) is 9.30. The summed E-state index contributed by atoms with van der Waals surface area (Å²) in [7, 11) is 1.68. The number of likely N-dealkylation sites (tertiary alicyclic amines) is 1. The quantitative estimate of drug-likeness (QED) is 0.308. The van der Waals surface area contributed by atoms with Crippen molar-refractivity contribution in [1.29, 1.82) is 0 Å². The number of carbonyl (C=O) groups is 1. The molecule has 2 amide bonds. The van der Waals surface area contributed by atoms with E-state index in [4.69, 9.17) is 11.3 Å². The summed E-state index contributed by atoms with van der Waals surface area (Å²) >= 11 is 0. The standard InChI is InChI=1S/C30H28FN5O2/c1-32-29-24-17-22(31)13-14-23(24)28(27(34-29)21-11-7-4-8-12-21)35-30(37)33-26-19-36(15-16-38-2)18-25(26)20-9-5-3-6-10-20/h3-14,17,25-26H,15-16,18-19H2,2H3,(H2,33,35,37)/t25-,26+/m0/s1. The number of nitrogens with zero attached hydrogens (tertiary/aromatic N) is 3. The number of fused-ring (bicyclic) bond motifs is 1. The van der Waals surface area contributed by atoms with Crippen molar-refractivity contribution in [3.8, 4) is 11.3 Å². The van der Waals surface area contributed by atoms with Gasteiger partial charge in [0.2, 0.25) is 0 Å². The van der Waals surface area contributed by atoms with Gasteiger partial charge in [-0.25, -0.2) is 9.18 Å². The third kappa shape index (κ3) is 5.35. The number of benzene rings is 3. The van der Waals surface area contributed by atoms with Gasteiger partial charge in [0.1, 0.15) is 5.82 Å². The molecule has 1 aliphatic heterocycles. The topological polar surface area (TPSA) is 70.9 Å². The summed E-state index contributed by atoms with van der Waals surface area (Å²) in [6.45, 7) is 10.5. The Morgan fingerprint density at radius 1 is 1.08 bits per heavy atom. The average Bonchev–Trinajstić information content (AvgIpc) is 3.35. The van der Waals surface area contributed by atoms with Gasteiger partial charge in [-0.1, -0.05) is 73.3 Å². The third-order valence-electron chi connectivity index (χ3n) is 6.89. The molecule has 2 atom stereocenters. The van der Waals surface area contributed by atoms with Crippen molar-refractivity contribution in [2.45, 2.75) is 12.0 Å². The van der Waals surface area contributed by atoms with Crippen LogP contribution in [0.2, 0.25) is 0 Å². The maximum atomic E-state index is 14.1. The number of carbonyl (C=O) groups excluding carboxylic acids is 1. The van der Waals surface area contributed by atoms with E-state index in [0.29, 0.717) is 35.3 Å². The van der Waals surface area contributed by atoms with E-state index < -0.39 is 5.82 Å². The van der Waals surface area contributed by atoms with E-state index in [-0.39, 0.29) is 23.8 Å². The molecule has 8 heteroatoms. The molecule has 0 bridgehead atoms. The minimum atomic E-state index is -0.472. The van der Waals surface area contributed by atoms with E-state index >= 15 is 0 Å². The molecular weight excluding hydrogens is 481 g/mol. The average molecular weight is 510 g/mol. The van der Waals surface area contributed by atoms with Gasteiger partial charge in [0.25, 0.3) is 5.82 Å². The van der Waals surface area contributed by atoms with Crippen LogP contribution >= 0.6 is 0 Å². The highest BCUT2D eigenvalue weighted by Gasteiger charge is 2.35. The third-order valence-corrected chi connectivity index (χ3v) is 6.89. The van der Waals surface area contributed by atoms with Crippen LogP contribution in [0.15, 0.2) is 78.9 Å². The minimum Gasteiger partial charge on any atom is -0.383 e. The van der Waals surface area contributed by atoms with Gasteiger partial charge < -0.3 is 20.2 Å². The lowest BCUT2D eigenvalue weighted by Gasteiger charge is -2.21. The van der Waals surface area contributed by atoms with E-state index in [1.54, 1.807) is 13.2 Å². The van der Waals surface area contributed by atoms with Crippen LogP contribution in [0.25, 0.3) is 26.9 Å². The molecule has 1 aromatic heterocycles. The molecule has 1 aliphatic rings. The van der Waals surface area contributed by atoms with Gasteiger partial charge in [-0.3, -0.25) is 4.90 Å². The maximum absolute atomic E-state index is 14.1. The molecule has 0 aliphatic carbocycles. The first-order valence-electron chi connectivity index (χ1n) is 12.5. The normalized spacial score (nSPS) is 17.3. The number of hydrogen-bond donors (Lipinski definition) is 2. The Hall–Kier alpha value is -4.32. The number of ether oxygens (including phenoxy) is 1. The first-order chi connectivity index (χ1) is 18.6. The SMILES string of the molecule is [C-]#[N+]c1nc(-c2ccccc2)c(NC(=O)N[C@@H]2CN(CCOC)C[C@H]2c2ccccc2)c2ccc(F)cc12. The van der Waals surface area contributed by atoms with Gasteiger partial charge in [-0.15, -0.1) is 4.98 Å². The molecule has 0 spiro atoms. The fourth-order valence-electron chi connectivity index (χ4n) is 5.08. The van der Waals surface area contributed by atoms with Crippen molar-refractivity contribution < 1.29 is 13.9 Å². The summed E-state index contributed by atoms with van der Waals surface area (Å²) in [5, 5.41) is 7.07. The fourth-order valence-corrected chi connectivity index (χ4v) is 5.08. The Morgan fingerprint density at radius 2 is 1.82 bits per heavy atom. The van der Waals surface area contributed by atoms with Crippen molar-refractivity contribution in [3.63, 3.8) is 0 Å². The lowest BCUT2D eigenvalue weighted by atomic mass is 9.94. The Kier molecular flexibility index (Phi) is 7.59. The zero-order chi connectivity index (χ0) is 26.5. The molecule has 2 N–H and O–H groups in total. The second-order valence-corrected chi connectivity index (χ2v) is 9.30. The largest absolute Gasteiger partial charge is 0.383 e. The van der Waals surface area contributed by atoms with Crippen LogP contribution in [-0.2, 0) is 4.74 Å². The molecule has 1 fully saturated rings. The predicted octanol–water partition coefficient (Wildman–Crippen LogP) is 5.83. The van der Waals surface area contributed by atoms with Gasteiger partial charge in [0.05, 0.1) is 18.3 Å². The van der Waals surface area contributed by atoms with Crippen molar-refractivity contribution >= 4 is 28.3 Å². The Balaban J connectivity index is 1.48. The van der Waals surface area contributed by atoms with Crippen LogP contribution in [0.1, 0.15) is 11.5 Å². The zero-order valence-electron chi connectivity index (χ0n) is 21.0. The Morgan fingerprint density at radius 3 is 2.53 bits per heavy atom. The molecular formula is C30H28FN5O2. The summed E-state index contributed by atoms with van der Waals surface area (Å²) in [6, 6.07) is 23.2. The highest BCUT2D eigenvalue weighted by Crippen LogP contribution is 2.38. The number of nitrogens with one attached hydrogen (secondary N) is 2. The number of hydrogen-bond acceptors (Lipinski definition) is 4. The van der Waals surface area contributed by atoms with E-state index in [1.165, 1.54) is 12.1 Å². The Labute approximate surface area is 221 Å². The van der Waals surface area contributed by atoms with Gasteiger partial charge in [-0.05, 0) is 17.7 Å². The molecule has 0 saturated carbocycles. The lowest BCUT2D eigenvalue weighted by molar-refractivity contribution is 0.159. The Bertz CT molecular complexity index is 1470. The first kappa shape index (κ1) is 25.3. The van der Waals surface area contributed by atoms with E-state index in [9.17, 15) is 9.18 Å². The monoisotopic (exact) mass is 509 g/mol. The van der Waals surface area contributed by atoms with Crippen LogP contribution in [0.5, 0.6) is 0 Å². The zero-order valence-corrected chi connectivity index (χ0v) is 21.0. The summed E-state index contributed by atoms with van der Waals surface area (Å²) in [5.74, 6) is -0.279. The van der Waals surface area contributed by atoms with Gasteiger partial charge in [-0.2, -0.15) is 0 Å². The van der Waals surface area contributed by atoms with Gasteiger partial charge in [0.15, 0.2) is 5.69 Å². The molecule has 1 saturated heterocycles. The van der Waals surface area contributed by atoms with Gasteiger partial charge in [0, 0.05) is 49.0 Å². The number of halogens is 1. The number of anilines is 1. The smallest absolute Gasteiger partial charge is 0.319 e. The van der Waals surface area contributed by atoms with Crippen LogP contribution in [0.4, 0.5) is 20.7 Å². The van der Waals surface area contributed by atoms with Crippen LogP contribution in [-0.4, -0.2) is 55.3 Å². The van der Waals surface area contributed by atoms with Crippen molar-refractivity contribution in [3.05, 3.63) is 102 Å². The molecule has 7 nitrogen and oxygen atoms in total. The number of amides is 2. The molecule has 3 aromatic carbocycles. The molecule has 0 unspecified atom stereocenters.